The van der Waals surface area contributed by atoms with E-state index in [4.69, 9.17) is 0 Å². The molecule has 0 bridgehead atoms. The van der Waals surface area contributed by atoms with Crippen LogP contribution in [0, 0.1) is 10.1 Å². The van der Waals surface area contributed by atoms with Gasteiger partial charge in [0.05, 0.1) is 10.5 Å². The minimum Gasteiger partial charge on any atom is -1.00 e. The highest BCUT2D eigenvalue weighted by molar-refractivity contribution is 6.34. The first-order valence-electron chi connectivity index (χ1n) is 8.46. The SMILES string of the molecule is O=C1Nc2ccccc2/C1=C\c1cc[n+](Cc2ccccc2[N+](=O)[O-])cc1.[Br-]. The van der Waals surface area contributed by atoms with Crippen LogP contribution in [0.15, 0.2) is 73.1 Å². The smallest absolute Gasteiger partial charge is 0.278 e. The Morgan fingerprint density at radius 2 is 1.68 bits per heavy atom. The van der Waals surface area contributed by atoms with Crippen LogP contribution >= 0.6 is 0 Å². The molecule has 0 atom stereocenters. The van der Waals surface area contributed by atoms with Crippen molar-refractivity contribution in [1.82, 2.24) is 0 Å². The van der Waals surface area contributed by atoms with Gasteiger partial charge in [0.1, 0.15) is 0 Å². The van der Waals surface area contributed by atoms with E-state index in [1.54, 1.807) is 18.2 Å². The normalized spacial score (nSPS) is 13.6. The van der Waals surface area contributed by atoms with Crippen LogP contribution < -0.4 is 26.9 Å². The summed E-state index contributed by atoms with van der Waals surface area (Å²) in [6.45, 7) is 0.400. The summed E-state index contributed by atoms with van der Waals surface area (Å²) in [5.41, 5.74) is 3.96. The number of anilines is 1. The lowest BCUT2D eigenvalue weighted by molar-refractivity contribution is -0.688. The molecule has 2 aromatic carbocycles. The Labute approximate surface area is 172 Å². The van der Waals surface area contributed by atoms with Crippen LogP contribution in [0.5, 0.6) is 0 Å². The van der Waals surface area contributed by atoms with Crippen molar-refractivity contribution in [2.45, 2.75) is 6.54 Å². The zero-order valence-electron chi connectivity index (χ0n) is 14.7. The molecule has 1 aliphatic heterocycles. The van der Waals surface area contributed by atoms with E-state index in [1.807, 2.05) is 59.4 Å². The number of halogens is 1. The van der Waals surface area contributed by atoms with E-state index in [0.717, 1.165) is 16.8 Å². The summed E-state index contributed by atoms with van der Waals surface area (Å²) in [7, 11) is 0. The van der Waals surface area contributed by atoms with Gasteiger partial charge in [0.25, 0.3) is 11.6 Å². The molecular weight excluding hydrogens is 422 g/mol. The van der Waals surface area contributed by atoms with Gasteiger partial charge in [-0.05, 0) is 23.8 Å². The topological polar surface area (TPSA) is 76.1 Å². The van der Waals surface area contributed by atoms with Crippen molar-refractivity contribution in [3.05, 3.63) is 99.9 Å². The molecule has 1 aromatic heterocycles. The minimum absolute atomic E-state index is 0. The Morgan fingerprint density at radius 1 is 1.00 bits per heavy atom. The molecule has 1 aliphatic rings. The molecule has 6 nitrogen and oxygen atoms in total. The highest BCUT2D eigenvalue weighted by Crippen LogP contribution is 2.32. The Balaban J connectivity index is 0.00000225. The Morgan fingerprint density at radius 3 is 2.43 bits per heavy atom. The molecule has 0 spiro atoms. The number of aromatic nitrogens is 1. The summed E-state index contributed by atoms with van der Waals surface area (Å²) >= 11 is 0. The lowest BCUT2D eigenvalue weighted by atomic mass is 10.0. The third kappa shape index (κ3) is 3.84. The fourth-order valence-corrected chi connectivity index (χ4v) is 3.14. The molecule has 0 aliphatic carbocycles. The molecular formula is C21H16BrN3O3. The second-order valence-corrected chi connectivity index (χ2v) is 6.25. The number of hydrogen-bond acceptors (Lipinski definition) is 3. The van der Waals surface area contributed by atoms with Gasteiger partial charge in [0.15, 0.2) is 18.9 Å². The van der Waals surface area contributed by atoms with Crippen LogP contribution in [0.2, 0.25) is 0 Å². The maximum absolute atomic E-state index is 12.2. The van der Waals surface area contributed by atoms with Crippen molar-refractivity contribution >= 4 is 28.9 Å². The van der Waals surface area contributed by atoms with E-state index < -0.39 is 0 Å². The summed E-state index contributed by atoms with van der Waals surface area (Å²) in [6, 6.07) is 18.0. The van der Waals surface area contributed by atoms with Crippen molar-refractivity contribution < 1.29 is 31.3 Å². The lowest BCUT2D eigenvalue weighted by Gasteiger charge is -2.01. The van der Waals surface area contributed by atoms with Gasteiger partial charge in [-0.15, -0.1) is 0 Å². The van der Waals surface area contributed by atoms with Crippen LogP contribution in [-0.2, 0) is 11.3 Å². The number of fused-ring (bicyclic) bond motifs is 1. The van der Waals surface area contributed by atoms with Gasteiger partial charge in [-0.3, -0.25) is 14.9 Å². The maximum atomic E-state index is 12.2. The first kappa shape index (κ1) is 19.4. The predicted octanol–water partition coefficient (Wildman–Crippen LogP) is 0.427. The Bertz CT molecular complexity index is 1080. The number of nitrogens with zero attached hydrogens (tertiary/aromatic N) is 2. The summed E-state index contributed by atoms with van der Waals surface area (Å²) in [6.07, 6.45) is 5.54. The average Bonchev–Trinajstić information content (AvgIpc) is 2.99. The fraction of sp³-hybridized carbons (Fsp3) is 0.0476. The molecule has 0 saturated heterocycles. The largest absolute Gasteiger partial charge is 1.00 e. The monoisotopic (exact) mass is 437 g/mol. The van der Waals surface area contributed by atoms with E-state index in [9.17, 15) is 14.9 Å². The summed E-state index contributed by atoms with van der Waals surface area (Å²) in [5, 5.41) is 14.0. The van der Waals surface area contributed by atoms with Gasteiger partial charge in [0.2, 0.25) is 0 Å². The zero-order chi connectivity index (χ0) is 18.8. The number of para-hydroxylation sites is 2. The number of carbonyl (C=O) groups is 1. The van der Waals surface area contributed by atoms with Crippen LogP contribution in [0.1, 0.15) is 16.7 Å². The number of nitrogens with one attached hydrogen (secondary N) is 1. The predicted molar refractivity (Wildman–Crippen MR) is 102 cm³/mol. The number of hydrogen-bond donors (Lipinski definition) is 1. The van der Waals surface area contributed by atoms with E-state index in [-0.39, 0.29) is 33.5 Å². The van der Waals surface area contributed by atoms with Gasteiger partial charge in [0, 0.05) is 35.0 Å². The lowest BCUT2D eigenvalue weighted by Crippen LogP contribution is -3.00. The molecule has 3 aromatic rings. The van der Waals surface area contributed by atoms with Crippen molar-refractivity contribution in [3.8, 4) is 0 Å². The van der Waals surface area contributed by atoms with E-state index in [1.165, 1.54) is 6.07 Å². The Hall–Kier alpha value is -3.32. The molecule has 0 radical (unpaired) electrons. The highest BCUT2D eigenvalue weighted by atomic mass is 79.9. The van der Waals surface area contributed by atoms with Gasteiger partial charge < -0.3 is 22.3 Å². The van der Waals surface area contributed by atoms with Gasteiger partial charge in [-0.1, -0.05) is 30.3 Å². The van der Waals surface area contributed by atoms with Gasteiger partial charge in [-0.25, -0.2) is 4.57 Å². The third-order valence-electron chi connectivity index (χ3n) is 4.48. The average molecular weight is 438 g/mol. The van der Waals surface area contributed by atoms with Crippen LogP contribution in [0.25, 0.3) is 11.6 Å². The van der Waals surface area contributed by atoms with Gasteiger partial charge >= 0.3 is 0 Å². The van der Waals surface area contributed by atoms with Gasteiger partial charge in [-0.2, -0.15) is 0 Å². The maximum Gasteiger partial charge on any atom is 0.278 e. The van der Waals surface area contributed by atoms with E-state index in [2.05, 4.69) is 5.32 Å². The second-order valence-electron chi connectivity index (χ2n) is 6.25. The first-order chi connectivity index (χ1) is 13.1. The standard InChI is InChI=1S/C21H15N3O3.BrH/c25-21-18(17-6-2-3-7-19(17)22-21)13-15-9-11-23(12-10-15)14-16-5-1-4-8-20(16)24(26)27;/h1-13H,14H2;1H. The molecule has 140 valence electrons. The molecule has 7 heteroatoms. The summed E-state index contributed by atoms with van der Waals surface area (Å²) < 4.78 is 1.87. The highest BCUT2D eigenvalue weighted by Gasteiger charge is 2.23. The molecule has 28 heavy (non-hydrogen) atoms. The first-order valence-corrected chi connectivity index (χ1v) is 8.46. The van der Waals surface area contributed by atoms with Crippen LogP contribution in [0.3, 0.4) is 0 Å². The van der Waals surface area contributed by atoms with Crippen molar-refractivity contribution in [1.29, 1.82) is 0 Å². The molecule has 2 heterocycles. The number of amides is 1. The van der Waals surface area contributed by atoms with Crippen molar-refractivity contribution in [3.63, 3.8) is 0 Å². The number of nitro groups is 1. The summed E-state index contributed by atoms with van der Waals surface area (Å²) in [5.74, 6) is -0.118. The molecule has 0 unspecified atom stereocenters. The number of benzene rings is 2. The molecule has 0 saturated carbocycles. The molecule has 0 fully saturated rings. The quantitative estimate of drug-likeness (QED) is 0.278. The number of rotatable bonds is 4. The minimum atomic E-state index is -0.370. The van der Waals surface area contributed by atoms with Crippen molar-refractivity contribution in [2.75, 3.05) is 5.32 Å². The van der Waals surface area contributed by atoms with Crippen molar-refractivity contribution in [2.24, 2.45) is 0 Å². The zero-order valence-corrected chi connectivity index (χ0v) is 16.3. The summed E-state index contributed by atoms with van der Waals surface area (Å²) in [4.78, 5) is 23.0. The van der Waals surface area contributed by atoms with Crippen LogP contribution in [0.4, 0.5) is 11.4 Å². The number of nitro benzene ring substituents is 1. The second kappa shape index (κ2) is 8.14. The molecule has 1 N–H and O–H groups in total. The third-order valence-corrected chi connectivity index (χ3v) is 4.48. The number of carbonyl (C=O) groups excluding carboxylic acids is 1. The molecule has 4 rings (SSSR count). The van der Waals surface area contributed by atoms with E-state index in [0.29, 0.717) is 17.7 Å². The Kier molecular flexibility index (Phi) is 5.65. The fourth-order valence-electron chi connectivity index (χ4n) is 3.14. The molecule has 1 amide bonds. The van der Waals surface area contributed by atoms with E-state index >= 15 is 0 Å². The number of pyridine rings is 1. The van der Waals surface area contributed by atoms with Crippen LogP contribution in [-0.4, -0.2) is 10.8 Å².